The summed E-state index contributed by atoms with van der Waals surface area (Å²) < 4.78 is 5.64. The summed E-state index contributed by atoms with van der Waals surface area (Å²) in [4.78, 5) is 0. The van der Waals surface area contributed by atoms with E-state index in [1.807, 2.05) is 0 Å². The Labute approximate surface area is 166 Å². The summed E-state index contributed by atoms with van der Waals surface area (Å²) in [5.41, 5.74) is 4.84. The lowest BCUT2D eigenvalue weighted by Crippen LogP contribution is -2.18. The normalized spacial score (nSPS) is 12.1. The predicted molar refractivity (Wildman–Crippen MR) is 118 cm³/mol. The number of methoxy groups -OCH3 is 1. The second-order valence-electron chi connectivity index (χ2n) is 7.11. The Hall–Kier alpha value is -3.10. The van der Waals surface area contributed by atoms with Gasteiger partial charge in [-0.15, -0.1) is 0 Å². The molecule has 1 N–H and O–H groups in total. The summed E-state index contributed by atoms with van der Waals surface area (Å²) in [6, 6.07) is 32.3. The number of rotatable bonds is 6. The van der Waals surface area contributed by atoms with Gasteiger partial charge in [0, 0.05) is 18.2 Å². The molecule has 0 amide bonds. The SMILES string of the molecule is COc1ccc(CNC(C)c2ccccc2)cc1-c1ccc2ccccc2c1. The first kappa shape index (κ1) is 18.3. The molecule has 2 heteroatoms. The van der Waals surface area contributed by atoms with Crippen LogP contribution in [0.3, 0.4) is 0 Å². The Bertz CT molecular complexity index is 1070. The Morgan fingerprint density at radius 3 is 2.32 bits per heavy atom. The van der Waals surface area contributed by atoms with Gasteiger partial charge in [0.2, 0.25) is 0 Å². The lowest BCUT2D eigenvalue weighted by molar-refractivity contribution is 0.416. The fourth-order valence-corrected chi connectivity index (χ4v) is 3.58. The molecule has 0 aliphatic rings. The molecule has 0 aromatic heterocycles. The molecule has 140 valence electrons. The molecule has 28 heavy (non-hydrogen) atoms. The second-order valence-corrected chi connectivity index (χ2v) is 7.11. The van der Waals surface area contributed by atoms with E-state index >= 15 is 0 Å². The molecular weight excluding hydrogens is 342 g/mol. The minimum absolute atomic E-state index is 0.299. The third-order valence-corrected chi connectivity index (χ3v) is 5.24. The molecule has 0 saturated heterocycles. The topological polar surface area (TPSA) is 21.3 Å². The second kappa shape index (κ2) is 8.28. The molecule has 0 radical (unpaired) electrons. The molecule has 1 unspecified atom stereocenters. The molecule has 0 fully saturated rings. The summed E-state index contributed by atoms with van der Waals surface area (Å²) >= 11 is 0. The van der Waals surface area contributed by atoms with Crippen LogP contribution < -0.4 is 10.1 Å². The number of hydrogen-bond acceptors (Lipinski definition) is 2. The van der Waals surface area contributed by atoms with Crippen molar-refractivity contribution in [3.63, 3.8) is 0 Å². The van der Waals surface area contributed by atoms with E-state index in [0.717, 1.165) is 17.9 Å². The molecule has 0 aliphatic heterocycles. The fourth-order valence-electron chi connectivity index (χ4n) is 3.58. The highest BCUT2D eigenvalue weighted by Crippen LogP contribution is 2.33. The van der Waals surface area contributed by atoms with Crippen molar-refractivity contribution in [2.24, 2.45) is 0 Å². The van der Waals surface area contributed by atoms with Crippen molar-refractivity contribution in [2.45, 2.75) is 19.5 Å². The van der Waals surface area contributed by atoms with Crippen LogP contribution in [-0.2, 0) is 6.54 Å². The minimum Gasteiger partial charge on any atom is -0.496 e. The van der Waals surface area contributed by atoms with Gasteiger partial charge in [-0.05, 0) is 52.6 Å². The van der Waals surface area contributed by atoms with Crippen molar-refractivity contribution in [3.05, 3.63) is 102 Å². The summed E-state index contributed by atoms with van der Waals surface area (Å²) in [5.74, 6) is 0.898. The van der Waals surface area contributed by atoms with E-state index in [9.17, 15) is 0 Å². The highest BCUT2D eigenvalue weighted by Gasteiger charge is 2.10. The van der Waals surface area contributed by atoms with Crippen LogP contribution in [0.1, 0.15) is 24.1 Å². The van der Waals surface area contributed by atoms with Gasteiger partial charge in [0.05, 0.1) is 7.11 Å². The molecule has 4 rings (SSSR count). The van der Waals surface area contributed by atoms with Crippen LogP contribution in [0.25, 0.3) is 21.9 Å². The monoisotopic (exact) mass is 367 g/mol. The van der Waals surface area contributed by atoms with Crippen molar-refractivity contribution in [2.75, 3.05) is 7.11 Å². The first-order valence-corrected chi connectivity index (χ1v) is 9.69. The Morgan fingerprint density at radius 1 is 0.786 bits per heavy atom. The fraction of sp³-hybridized carbons (Fsp3) is 0.154. The zero-order valence-electron chi connectivity index (χ0n) is 16.4. The smallest absolute Gasteiger partial charge is 0.126 e. The van der Waals surface area contributed by atoms with E-state index in [4.69, 9.17) is 4.74 Å². The first-order chi connectivity index (χ1) is 13.7. The molecular formula is C26H25NO. The summed E-state index contributed by atoms with van der Waals surface area (Å²) in [7, 11) is 1.73. The van der Waals surface area contributed by atoms with E-state index in [1.165, 1.54) is 27.5 Å². The van der Waals surface area contributed by atoms with Crippen LogP contribution in [0, 0.1) is 0 Å². The van der Waals surface area contributed by atoms with Gasteiger partial charge in [-0.3, -0.25) is 0 Å². The number of hydrogen-bond donors (Lipinski definition) is 1. The van der Waals surface area contributed by atoms with Crippen molar-refractivity contribution in [1.82, 2.24) is 5.32 Å². The number of nitrogens with one attached hydrogen (secondary N) is 1. The van der Waals surface area contributed by atoms with Crippen molar-refractivity contribution in [1.29, 1.82) is 0 Å². The Balaban J connectivity index is 1.60. The largest absolute Gasteiger partial charge is 0.496 e. The number of ether oxygens (including phenoxy) is 1. The molecule has 2 nitrogen and oxygen atoms in total. The van der Waals surface area contributed by atoms with Crippen LogP contribution in [-0.4, -0.2) is 7.11 Å². The average molecular weight is 367 g/mol. The van der Waals surface area contributed by atoms with Gasteiger partial charge >= 0.3 is 0 Å². The highest BCUT2D eigenvalue weighted by atomic mass is 16.5. The summed E-state index contributed by atoms with van der Waals surface area (Å²) in [6.07, 6.45) is 0. The summed E-state index contributed by atoms with van der Waals surface area (Å²) in [5, 5.41) is 6.11. The molecule has 0 heterocycles. The number of benzene rings is 4. The lowest BCUT2D eigenvalue weighted by Gasteiger charge is -2.16. The third-order valence-electron chi connectivity index (χ3n) is 5.24. The summed E-state index contributed by atoms with van der Waals surface area (Å²) in [6.45, 7) is 3.00. The van der Waals surface area contributed by atoms with Crippen molar-refractivity contribution in [3.8, 4) is 16.9 Å². The van der Waals surface area contributed by atoms with Gasteiger partial charge in [-0.2, -0.15) is 0 Å². The molecule has 0 spiro atoms. The maximum Gasteiger partial charge on any atom is 0.126 e. The van der Waals surface area contributed by atoms with Crippen LogP contribution in [0.15, 0.2) is 91.0 Å². The van der Waals surface area contributed by atoms with Gasteiger partial charge in [0.15, 0.2) is 0 Å². The van der Waals surface area contributed by atoms with Gasteiger partial charge in [-0.1, -0.05) is 72.8 Å². The van der Waals surface area contributed by atoms with Crippen LogP contribution in [0.5, 0.6) is 5.75 Å². The average Bonchev–Trinajstić information content (AvgIpc) is 2.77. The lowest BCUT2D eigenvalue weighted by atomic mass is 9.98. The van der Waals surface area contributed by atoms with E-state index in [0.29, 0.717) is 6.04 Å². The van der Waals surface area contributed by atoms with E-state index in [-0.39, 0.29) is 0 Å². The van der Waals surface area contributed by atoms with Crippen LogP contribution in [0.2, 0.25) is 0 Å². The standard InChI is InChI=1S/C26H25NO/c1-19(21-8-4-3-5-9-21)27-18-20-12-15-26(28-2)25(16-20)24-14-13-22-10-6-7-11-23(22)17-24/h3-17,19,27H,18H2,1-2H3. The number of fused-ring (bicyclic) bond motifs is 1. The molecule has 1 atom stereocenters. The third kappa shape index (κ3) is 3.92. The molecule has 0 saturated carbocycles. The zero-order valence-corrected chi connectivity index (χ0v) is 16.4. The highest BCUT2D eigenvalue weighted by molar-refractivity contribution is 5.88. The van der Waals surface area contributed by atoms with Crippen molar-refractivity contribution < 1.29 is 4.74 Å². The van der Waals surface area contributed by atoms with E-state index < -0.39 is 0 Å². The van der Waals surface area contributed by atoms with Crippen LogP contribution >= 0.6 is 0 Å². The van der Waals surface area contributed by atoms with Crippen molar-refractivity contribution >= 4 is 10.8 Å². The Kier molecular flexibility index (Phi) is 5.41. The van der Waals surface area contributed by atoms with E-state index in [1.54, 1.807) is 7.11 Å². The molecule has 0 bridgehead atoms. The predicted octanol–water partition coefficient (Wildman–Crippen LogP) is 6.37. The first-order valence-electron chi connectivity index (χ1n) is 9.69. The molecule has 4 aromatic rings. The molecule has 0 aliphatic carbocycles. The molecule has 4 aromatic carbocycles. The van der Waals surface area contributed by atoms with Gasteiger partial charge in [0.25, 0.3) is 0 Å². The van der Waals surface area contributed by atoms with Gasteiger partial charge < -0.3 is 10.1 Å². The quantitative estimate of drug-likeness (QED) is 0.428. The Morgan fingerprint density at radius 2 is 1.54 bits per heavy atom. The van der Waals surface area contributed by atoms with Gasteiger partial charge in [0.1, 0.15) is 5.75 Å². The zero-order chi connectivity index (χ0) is 19.3. The van der Waals surface area contributed by atoms with E-state index in [2.05, 4.69) is 103 Å². The van der Waals surface area contributed by atoms with Crippen LogP contribution in [0.4, 0.5) is 0 Å². The van der Waals surface area contributed by atoms with Gasteiger partial charge in [-0.25, -0.2) is 0 Å². The maximum atomic E-state index is 5.64. The minimum atomic E-state index is 0.299. The maximum absolute atomic E-state index is 5.64.